The Bertz CT molecular complexity index is 735. The van der Waals surface area contributed by atoms with Gasteiger partial charge in [0, 0.05) is 39.1 Å². The second-order valence-corrected chi connectivity index (χ2v) is 7.61. The highest BCUT2D eigenvalue weighted by Crippen LogP contribution is 2.33. The van der Waals surface area contributed by atoms with Gasteiger partial charge in [0.05, 0.1) is 14.2 Å². The molecule has 28 heavy (non-hydrogen) atoms. The van der Waals surface area contributed by atoms with Crippen molar-refractivity contribution in [1.29, 1.82) is 0 Å². The third kappa shape index (κ3) is 4.88. The van der Waals surface area contributed by atoms with Gasteiger partial charge >= 0.3 is 0 Å². The molecule has 0 bridgehead atoms. The fraction of sp³-hybridized carbons (Fsp3) is 0.619. The van der Waals surface area contributed by atoms with Crippen LogP contribution in [0.25, 0.3) is 0 Å². The van der Waals surface area contributed by atoms with Crippen molar-refractivity contribution in [2.24, 2.45) is 10.9 Å². The molecule has 1 fully saturated rings. The molecule has 7 nitrogen and oxygen atoms in total. The molecule has 1 aromatic rings. The summed E-state index contributed by atoms with van der Waals surface area (Å²) in [5.41, 5.74) is 2.37. The van der Waals surface area contributed by atoms with Crippen molar-refractivity contribution in [2.75, 3.05) is 34.4 Å². The molecule has 0 spiro atoms. The van der Waals surface area contributed by atoms with E-state index in [1.807, 2.05) is 17.0 Å². The number of benzene rings is 1. The first-order valence-electron chi connectivity index (χ1n) is 10.0. The Labute approximate surface area is 167 Å². The number of carbonyl (C=O) groups is 1. The minimum atomic E-state index is 0.195. The Balaban J connectivity index is 1.45. The van der Waals surface area contributed by atoms with Crippen LogP contribution in [0, 0.1) is 5.92 Å². The van der Waals surface area contributed by atoms with Crippen LogP contribution in [0.5, 0.6) is 11.5 Å². The number of hydrogen-bond donors (Lipinski definition) is 2. The van der Waals surface area contributed by atoms with E-state index in [0.29, 0.717) is 24.8 Å². The van der Waals surface area contributed by atoms with Gasteiger partial charge in [-0.1, -0.05) is 6.92 Å². The number of methoxy groups -OCH3 is 2. The summed E-state index contributed by atoms with van der Waals surface area (Å²) in [6.45, 7) is 4.34. The van der Waals surface area contributed by atoms with Crippen molar-refractivity contribution >= 4 is 11.9 Å². The Kier molecular flexibility index (Phi) is 6.65. The van der Waals surface area contributed by atoms with Crippen LogP contribution in [-0.4, -0.2) is 57.2 Å². The first-order valence-corrected chi connectivity index (χ1v) is 10.0. The fourth-order valence-electron chi connectivity index (χ4n) is 3.59. The van der Waals surface area contributed by atoms with Gasteiger partial charge in [0.15, 0.2) is 17.5 Å². The monoisotopic (exact) mass is 388 g/mol. The van der Waals surface area contributed by atoms with Gasteiger partial charge < -0.3 is 25.0 Å². The molecule has 1 amide bonds. The molecule has 1 saturated carbocycles. The molecule has 1 aliphatic carbocycles. The molecule has 7 heteroatoms. The Hall–Kier alpha value is -2.44. The molecule has 0 radical (unpaired) electrons. The van der Waals surface area contributed by atoms with E-state index in [0.717, 1.165) is 49.1 Å². The van der Waals surface area contributed by atoms with Crippen LogP contribution >= 0.6 is 0 Å². The van der Waals surface area contributed by atoms with Gasteiger partial charge in [-0.2, -0.15) is 0 Å². The fourth-order valence-corrected chi connectivity index (χ4v) is 3.59. The molecule has 2 aliphatic rings. The summed E-state index contributed by atoms with van der Waals surface area (Å²) in [5, 5.41) is 6.70. The van der Waals surface area contributed by atoms with Crippen LogP contribution in [0.15, 0.2) is 17.1 Å². The third-order valence-corrected chi connectivity index (χ3v) is 5.59. The summed E-state index contributed by atoms with van der Waals surface area (Å²) < 4.78 is 10.8. The van der Waals surface area contributed by atoms with E-state index in [-0.39, 0.29) is 5.91 Å². The Morgan fingerprint density at radius 2 is 1.93 bits per heavy atom. The normalized spacial score (nSPS) is 21.0. The van der Waals surface area contributed by atoms with E-state index < -0.39 is 0 Å². The Morgan fingerprint density at radius 1 is 1.25 bits per heavy atom. The van der Waals surface area contributed by atoms with Crippen molar-refractivity contribution in [1.82, 2.24) is 15.5 Å². The maximum Gasteiger partial charge on any atom is 0.222 e. The molecule has 1 aromatic carbocycles. The lowest BCUT2D eigenvalue weighted by Crippen LogP contribution is -2.40. The van der Waals surface area contributed by atoms with E-state index in [2.05, 4.69) is 22.5 Å². The molecule has 0 saturated heterocycles. The number of aliphatic imine (C=N–C) groups is 1. The van der Waals surface area contributed by atoms with Gasteiger partial charge in [-0.05, 0) is 48.4 Å². The minimum Gasteiger partial charge on any atom is -0.493 e. The standard InChI is InChI=1S/C21H32N4O3/c1-14-10-17(14)24-21(22-2)23-8-5-6-20(26)25-9-7-15-11-18(27-3)19(28-4)12-16(15)13-25/h11-12,14,17H,5-10,13H2,1-4H3,(H2,22,23,24). The number of amides is 1. The first kappa shape index (κ1) is 20.3. The number of ether oxygens (including phenoxy) is 2. The summed E-state index contributed by atoms with van der Waals surface area (Å²) in [6.07, 6.45) is 3.36. The highest BCUT2D eigenvalue weighted by molar-refractivity contribution is 5.80. The van der Waals surface area contributed by atoms with E-state index in [1.54, 1.807) is 21.3 Å². The predicted molar refractivity (Wildman–Crippen MR) is 110 cm³/mol. The van der Waals surface area contributed by atoms with E-state index >= 15 is 0 Å². The van der Waals surface area contributed by atoms with Crippen molar-refractivity contribution in [2.45, 2.75) is 45.2 Å². The molecule has 2 atom stereocenters. The van der Waals surface area contributed by atoms with Crippen LogP contribution in [0.3, 0.4) is 0 Å². The first-order chi connectivity index (χ1) is 13.5. The molecule has 154 valence electrons. The zero-order valence-electron chi connectivity index (χ0n) is 17.4. The van der Waals surface area contributed by atoms with Gasteiger partial charge in [0.25, 0.3) is 0 Å². The molecule has 1 heterocycles. The number of fused-ring (bicyclic) bond motifs is 1. The largest absolute Gasteiger partial charge is 0.493 e. The molecule has 1 aliphatic heterocycles. The summed E-state index contributed by atoms with van der Waals surface area (Å²) in [6, 6.07) is 4.56. The summed E-state index contributed by atoms with van der Waals surface area (Å²) in [7, 11) is 5.06. The zero-order valence-corrected chi connectivity index (χ0v) is 17.4. The third-order valence-electron chi connectivity index (χ3n) is 5.59. The van der Waals surface area contributed by atoms with E-state index in [1.165, 1.54) is 12.0 Å². The van der Waals surface area contributed by atoms with Gasteiger partial charge in [-0.3, -0.25) is 9.79 Å². The average molecular weight is 389 g/mol. The van der Waals surface area contributed by atoms with Crippen LogP contribution in [0.4, 0.5) is 0 Å². The second kappa shape index (κ2) is 9.17. The lowest BCUT2D eigenvalue weighted by molar-refractivity contribution is -0.132. The average Bonchev–Trinajstić information content (AvgIpc) is 3.42. The lowest BCUT2D eigenvalue weighted by atomic mass is 9.98. The molecule has 3 rings (SSSR count). The minimum absolute atomic E-state index is 0.195. The molecular weight excluding hydrogens is 356 g/mol. The van der Waals surface area contributed by atoms with Gasteiger partial charge in [0.2, 0.25) is 5.91 Å². The van der Waals surface area contributed by atoms with Crippen molar-refractivity contribution in [3.05, 3.63) is 23.3 Å². The smallest absolute Gasteiger partial charge is 0.222 e. The van der Waals surface area contributed by atoms with Crippen LogP contribution in [0.1, 0.15) is 37.3 Å². The number of hydrogen-bond acceptors (Lipinski definition) is 4. The zero-order chi connectivity index (χ0) is 20.1. The summed E-state index contributed by atoms with van der Waals surface area (Å²) >= 11 is 0. The number of carbonyl (C=O) groups excluding carboxylic acids is 1. The molecule has 2 unspecified atom stereocenters. The van der Waals surface area contributed by atoms with Crippen LogP contribution < -0.4 is 20.1 Å². The van der Waals surface area contributed by atoms with Crippen molar-refractivity contribution in [3.63, 3.8) is 0 Å². The van der Waals surface area contributed by atoms with Crippen molar-refractivity contribution < 1.29 is 14.3 Å². The predicted octanol–water partition coefficient (Wildman–Crippen LogP) is 1.94. The van der Waals surface area contributed by atoms with Crippen molar-refractivity contribution in [3.8, 4) is 11.5 Å². The van der Waals surface area contributed by atoms with Crippen LogP contribution in [-0.2, 0) is 17.8 Å². The summed E-state index contributed by atoms with van der Waals surface area (Å²) in [5.74, 6) is 3.20. The topological polar surface area (TPSA) is 75.2 Å². The molecular formula is C21H32N4O3. The van der Waals surface area contributed by atoms with Gasteiger partial charge in [-0.25, -0.2) is 0 Å². The highest BCUT2D eigenvalue weighted by Gasteiger charge is 2.33. The van der Waals surface area contributed by atoms with E-state index in [4.69, 9.17) is 9.47 Å². The second-order valence-electron chi connectivity index (χ2n) is 7.61. The highest BCUT2D eigenvalue weighted by atomic mass is 16.5. The molecule has 0 aromatic heterocycles. The quantitative estimate of drug-likeness (QED) is 0.424. The SMILES string of the molecule is CN=C(NCCCC(=O)N1CCc2cc(OC)c(OC)cc2C1)NC1CC1C. The Morgan fingerprint density at radius 3 is 2.54 bits per heavy atom. The number of nitrogens with one attached hydrogen (secondary N) is 2. The van der Waals surface area contributed by atoms with Gasteiger partial charge in [-0.15, -0.1) is 0 Å². The van der Waals surface area contributed by atoms with E-state index in [9.17, 15) is 4.79 Å². The van der Waals surface area contributed by atoms with Crippen LogP contribution in [0.2, 0.25) is 0 Å². The van der Waals surface area contributed by atoms with Gasteiger partial charge in [0.1, 0.15) is 0 Å². The lowest BCUT2D eigenvalue weighted by Gasteiger charge is -2.29. The molecule has 2 N–H and O–H groups in total. The summed E-state index contributed by atoms with van der Waals surface area (Å²) in [4.78, 5) is 18.8. The number of rotatable bonds is 7. The number of nitrogens with zero attached hydrogens (tertiary/aromatic N) is 2. The number of guanidine groups is 1. The maximum absolute atomic E-state index is 12.6. The maximum atomic E-state index is 12.6.